The Hall–Kier alpha value is -3.00. The van der Waals surface area contributed by atoms with E-state index in [1.54, 1.807) is 6.92 Å². The number of urea groups is 1. The molecule has 1 atom stereocenters. The van der Waals surface area contributed by atoms with Crippen LogP contribution in [0.2, 0.25) is 0 Å². The van der Waals surface area contributed by atoms with Crippen molar-refractivity contribution in [3.05, 3.63) is 68.6 Å². The molecule has 3 amide bonds. The van der Waals surface area contributed by atoms with E-state index in [0.717, 1.165) is 16.2 Å². The fourth-order valence-corrected chi connectivity index (χ4v) is 4.16. The van der Waals surface area contributed by atoms with Crippen molar-refractivity contribution in [1.29, 1.82) is 0 Å². The van der Waals surface area contributed by atoms with Crippen molar-refractivity contribution in [1.82, 2.24) is 19.6 Å². The maximum absolute atomic E-state index is 13.0. The zero-order chi connectivity index (χ0) is 19.3. The lowest BCUT2D eigenvalue weighted by atomic mass is 9.91. The SMILES string of the molecule is Cc1ccc(C2(C)NC(=O)N(Cc3cc(=O)n4c(C)csc4n3)C2=O)cc1. The Morgan fingerprint density at radius 3 is 2.56 bits per heavy atom. The summed E-state index contributed by atoms with van der Waals surface area (Å²) in [5, 5.41) is 4.61. The van der Waals surface area contributed by atoms with Crippen LogP contribution in [0.4, 0.5) is 4.79 Å². The number of amides is 3. The van der Waals surface area contributed by atoms with Crippen LogP contribution >= 0.6 is 11.3 Å². The largest absolute Gasteiger partial charge is 0.325 e. The standard InChI is InChI=1S/C19H18N4O3S/c1-11-4-6-13(7-5-11)19(3)16(25)22(17(26)21-19)9-14-8-15(24)23-12(2)10-27-18(23)20-14/h4-8,10H,9H2,1-3H3,(H,21,26). The quantitative estimate of drug-likeness (QED) is 0.705. The van der Waals surface area contributed by atoms with E-state index < -0.39 is 11.6 Å². The molecule has 1 unspecified atom stereocenters. The fourth-order valence-electron chi connectivity index (χ4n) is 3.27. The Balaban J connectivity index is 1.67. The lowest BCUT2D eigenvalue weighted by Gasteiger charge is -2.22. The summed E-state index contributed by atoms with van der Waals surface area (Å²) in [5.74, 6) is -0.360. The summed E-state index contributed by atoms with van der Waals surface area (Å²) in [4.78, 5) is 43.9. The second-order valence-electron chi connectivity index (χ2n) is 6.89. The van der Waals surface area contributed by atoms with E-state index in [2.05, 4.69) is 10.3 Å². The van der Waals surface area contributed by atoms with Gasteiger partial charge >= 0.3 is 6.03 Å². The number of fused-ring (bicyclic) bond motifs is 1. The van der Waals surface area contributed by atoms with Crippen LogP contribution in [-0.4, -0.2) is 26.2 Å². The van der Waals surface area contributed by atoms with Crippen LogP contribution in [0.3, 0.4) is 0 Å². The molecule has 3 aromatic rings. The molecule has 0 aliphatic carbocycles. The molecule has 1 aliphatic heterocycles. The Labute approximate surface area is 159 Å². The molecule has 2 aromatic heterocycles. The van der Waals surface area contributed by atoms with Gasteiger partial charge in [-0.3, -0.25) is 18.9 Å². The number of imide groups is 1. The van der Waals surface area contributed by atoms with Gasteiger partial charge < -0.3 is 5.32 Å². The molecule has 1 N–H and O–H groups in total. The van der Waals surface area contributed by atoms with Gasteiger partial charge in [-0.25, -0.2) is 9.78 Å². The highest BCUT2D eigenvalue weighted by molar-refractivity contribution is 7.15. The topological polar surface area (TPSA) is 83.8 Å². The molecule has 0 radical (unpaired) electrons. The summed E-state index contributed by atoms with van der Waals surface area (Å²) in [6.07, 6.45) is 0. The van der Waals surface area contributed by atoms with Gasteiger partial charge in [0.2, 0.25) is 0 Å². The number of benzene rings is 1. The first-order valence-corrected chi connectivity index (χ1v) is 9.35. The van der Waals surface area contributed by atoms with Crippen LogP contribution in [-0.2, 0) is 16.9 Å². The number of carbonyl (C=O) groups is 2. The third-order valence-corrected chi connectivity index (χ3v) is 5.80. The van der Waals surface area contributed by atoms with Crippen LogP contribution in [0.1, 0.15) is 29.4 Å². The maximum atomic E-state index is 13.0. The van der Waals surface area contributed by atoms with Crippen molar-refractivity contribution in [2.24, 2.45) is 0 Å². The highest BCUT2D eigenvalue weighted by atomic mass is 32.1. The van der Waals surface area contributed by atoms with Gasteiger partial charge in [0, 0.05) is 17.1 Å². The molecule has 0 saturated carbocycles. The van der Waals surface area contributed by atoms with Crippen LogP contribution in [0.15, 0.2) is 40.5 Å². The Morgan fingerprint density at radius 1 is 1.15 bits per heavy atom. The first kappa shape index (κ1) is 17.4. The Kier molecular flexibility index (Phi) is 3.88. The number of nitrogens with zero attached hydrogens (tertiary/aromatic N) is 3. The normalized spacial score (nSPS) is 19.7. The van der Waals surface area contributed by atoms with Gasteiger partial charge in [-0.05, 0) is 26.3 Å². The zero-order valence-corrected chi connectivity index (χ0v) is 16.0. The molecule has 7 nitrogen and oxygen atoms in total. The predicted molar refractivity (Wildman–Crippen MR) is 102 cm³/mol. The Morgan fingerprint density at radius 2 is 1.85 bits per heavy atom. The molecule has 4 rings (SSSR count). The summed E-state index contributed by atoms with van der Waals surface area (Å²) in [5.41, 5.74) is 1.62. The van der Waals surface area contributed by atoms with Crippen molar-refractivity contribution in [3.8, 4) is 0 Å². The minimum atomic E-state index is -1.14. The second-order valence-corrected chi connectivity index (χ2v) is 7.73. The van der Waals surface area contributed by atoms with Crippen LogP contribution in [0.5, 0.6) is 0 Å². The lowest BCUT2D eigenvalue weighted by molar-refractivity contribution is -0.131. The summed E-state index contributed by atoms with van der Waals surface area (Å²) in [7, 11) is 0. The average Bonchev–Trinajstić information content (AvgIpc) is 3.09. The molecule has 27 heavy (non-hydrogen) atoms. The molecular formula is C19H18N4O3S. The monoisotopic (exact) mass is 382 g/mol. The molecule has 1 aliphatic rings. The van der Waals surface area contributed by atoms with Crippen molar-refractivity contribution in [3.63, 3.8) is 0 Å². The number of hydrogen-bond acceptors (Lipinski definition) is 5. The molecule has 1 fully saturated rings. The number of aryl methyl sites for hydroxylation is 2. The van der Waals surface area contributed by atoms with E-state index in [4.69, 9.17) is 0 Å². The molecule has 1 saturated heterocycles. The van der Waals surface area contributed by atoms with Crippen molar-refractivity contribution >= 4 is 28.2 Å². The predicted octanol–water partition coefficient (Wildman–Crippen LogP) is 2.34. The van der Waals surface area contributed by atoms with E-state index in [0.29, 0.717) is 16.2 Å². The lowest BCUT2D eigenvalue weighted by Crippen LogP contribution is -2.40. The summed E-state index contributed by atoms with van der Waals surface area (Å²) in [6, 6.07) is 8.35. The number of carbonyl (C=O) groups excluding carboxylic acids is 2. The summed E-state index contributed by atoms with van der Waals surface area (Å²) in [6.45, 7) is 5.43. The van der Waals surface area contributed by atoms with Gasteiger partial charge in [0.15, 0.2) is 4.96 Å². The minimum Gasteiger partial charge on any atom is -0.319 e. The number of hydrogen-bond donors (Lipinski definition) is 1. The van der Waals surface area contributed by atoms with Gasteiger partial charge in [0.05, 0.1) is 12.2 Å². The van der Waals surface area contributed by atoms with Crippen molar-refractivity contribution < 1.29 is 9.59 Å². The number of nitrogens with one attached hydrogen (secondary N) is 1. The first-order chi connectivity index (χ1) is 12.8. The minimum absolute atomic E-state index is 0.0468. The molecule has 0 bridgehead atoms. The maximum Gasteiger partial charge on any atom is 0.325 e. The fraction of sp³-hybridized carbons (Fsp3) is 0.263. The molecule has 8 heteroatoms. The molecule has 3 heterocycles. The second kappa shape index (κ2) is 6.02. The van der Waals surface area contributed by atoms with E-state index in [1.165, 1.54) is 21.8 Å². The Bertz CT molecular complexity index is 1130. The zero-order valence-electron chi connectivity index (χ0n) is 15.1. The third kappa shape index (κ3) is 2.73. The number of rotatable bonds is 3. The van der Waals surface area contributed by atoms with Gasteiger partial charge in [-0.1, -0.05) is 29.8 Å². The van der Waals surface area contributed by atoms with Gasteiger partial charge in [-0.2, -0.15) is 0 Å². The molecule has 1 aromatic carbocycles. The molecule has 138 valence electrons. The number of aromatic nitrogens is 2. The smallest absolute Gasteiger partial charge is 0.319 e. The highest BCUT2D eigenvalue weighted by Crippen LogP contribution is 2.29. The number of thiazole rings is 1. The molecular weight excluding hydrogens is 364 g/mol. The summed E-state index contributed by atoms with van der Waals surface area (Å²) < 4.78 is 1.51. The van der Waals surface area contributed by atoms with Gasteiger partial charge in [-0.15, -0.1) is 11.3 Å². The third-order valence-electron chi connectivity index (χ3n) is 4.85. The molecule has 0 spiro atoms. The van der Waals surface area contributed by atoms with Crippen molar-refractivity contribution in [2.45, 2.75) is 32.9 Å². The van der Waals surface area contributed by atoms with Crippen LogP contribution < -0.4 is 10.9 Å². The van der Waals surface area contributed by atoms with E-state index in [9.17, 15) is 14.4 Å². The van der Waals surface area contributed by atoms with E-state index >= 15 is 0 Å². The van der Waals surface area contributed by atoms with Gasteiger partial charge in [0.1, 0.15) is 5.54 Å². The van der Waals surface area contributed by atoms with Crippen LogP contribution in [0.25, 0.3) is 4.96 Å². The van der Waals surface area contributed by atoms with E-state index in [-0.39, 0.29) is 18.0 Å². The highest BCUT2D eigenvalue weighted by Gasteiger charge is 2.49. The van der Waals surface area contributed by atoms with E-state index in [1.807, 2.05) is 43.5 Å². The van der Waals surface area contributed by atoms with Gasteiger partial charge in [0.25, 0.3) is 11.5 Å². The average molecular weight is 382 g/mol. The summed E-state index contributed by atoms with van der Waals surface area (Å²) >= 11 is 1.35. The van der Waals surface area contributed by atoms with Crippen LogP contribution in [0, 0.1) is 13.8 Å². The van der Waals surface area contributed by atoms with Crippen molar-refractivity contribution in [2.75, 3.05) is 0 Å². The first-order valence-electron chi connectivity index (χ1n) is 8.47.